The van der Waals surface area contributed by atoms with Gasteiger partial charge in [0.25, 0.3) is 0 Å². The lowest BCUT2D eigenvalue weighted by Gasteiger charge is -2.04. The Morgan fingerprint density at radius 1 is 1.27 bits per heavy atom. The smallest absolute Gasteiger partial charge is 0.132 e. The van der Waals surface area contributed by atoms with Gasteiger partial charge in [-0.1, -0.05) is 45.7 Å². The molecule has 1 heterocycles. The second-order valence-electron chi connectivity index (χ2n) is 3.42. The Balaban J connectivity index is 2.43. The molecule has 2 aromatic rings. The number of alkyl halides is 1. The van der Waals surface area contributed by atoms with Gasteiger partial charge in [0.2, 0.25) is 0 Å². The molecule has 0 bridgehead atoms. The summed E-state index contributed by atoms with van der Waals surface area (Å²) in [4.78, 5) is 4.38. The zero-order valence-electron chi connectivity index (χ0n) is 8.21. The van der Waals surface area contributed by atoms with Crippen molar-refractivity contribution >= 4 is 38.4 Å². The molecule has 15 heavy (non-hydrogen) atoms. The summed E-state index contributed by atoms with van der Waals surface area (Å²) in [5, 5.41) is 2.79. The Kier molecular flexibility index (Phi) is 3.60. The van der Waals surface area contributed by atoms with Gasteiger partial charge in [0.15, 0.2) is 0 Å². The van der Waals surface area contributed by atoms with E-state index in [1.807, 2.05) is 18.2 Å². The quantitative estimate of drug-likeness (QED) is 0.607. The molecule has 0 saturated carbocycles. The predicted octanol–water partition coefficient (Wildman–Crippen LogP) is 4.22. The highest BCUT2D eigenvalue weighted by atomic mass is 79.9. The number of aryl methyl sites for hydroxylation is 1. The van der Waals surface area contributed by atoms with Crippen molar-refractivity contribution in [2.45, 2.75) is 12.8 Å². The van der Waals surface area contributed by atoms with E-state index in [4.69, 9.17) is 11.6 Å². The fourth-order valence-corrected chi connectivity index (χ4v) is 2.09. The summed E-state index contributed by atoms with van der Waals surface area (Å²) in [7, 11) is 0. The third-order valence-electron chi connectivity index (χ3n) is 2.33. The lowest BCUT2D eigenvalue weighted by atomic mass is 10.1. The zero-order valence-corrected chi connectivity index (χ0v) is 10.6. The second-order valence-corrected chi connectivity index (χ2v) is 4.57. The predicted molar refractivity (Wildman–Crippen MR) is 68.9 cm³/mol. The molecule has 3 heteroatoms. The summed E-state index contributed by atoms with van der Waals surface area (Å²) in [6.07, 6.45) is 2.06. The van der Waals surface area contributed by atoms with Crippen molar-refractivity contribution in [2.75, 3.05) is 5.33 Å². The van der Waals surface area contributed by atoms with Crippen LogP contribution in [-0.2, 0) is 6.42 Å². The number of nitrogens with zero attached hydrogens (tertiary/aromatic N) is 1. The fourth-order valence-electron chi connectivity index (χ4n) is 1.57. The first kappa shape index (κ1) is 10.9. The number of aromatic nitrogens is 1. The first-order chi connectivity index (χ1) is 7.31. The number of pyridine rings is 1. The highest BCUT2D eigenvalue weighted by Gasteiger charge is 2.03. The Morgan fingerprint density at radius 3 is 2.87 bits per heavy atom. The van der Waals surface area contributed by atoms with Gasteiger partial charge in [-0.3, -0.25) is 0 Å². The van der Waals surface area contributed by atoms with Gasteiger partial charge in [-0.2, -0.15) is 0 Å². The molecule has 0 spiro atoms. The average molecular weight is 285 g/mol. The summed E-state index contributed by atoms with van der Waals surface area (Å²) in [6.45, 7) is 0. The first-order valence-electron chi connectivity index (χ1n) is 4.91. The van der Waals surface area contributed by atoms with E-state index in [1.54, 1.807) is 0 Å². The Hall–Kier alpha value is -0.600. The monoisotopic (exact) mass is 283 g/mol. The maximum Gasteiger partial charge on any atom is 0.132 e. The molecule has 0 unspecified atom stereocenters. The molecule has 0 aliphatic carbocycles. The van der Waals surface area contributed by atoms with E-state index in [0.717, 1.165) is 34.6 Å². The molecular weight excluding hydrogens is 273 g/mol. The van der Waals surface area contributed by atoms with Gasteiger partial charge in [-0.15, -0.1) is 0 Å². The van der Waals surface area contributed by atoms with Gasteiger partial charge < -0.3 is 0 Å². The highest BCUT2D eigenvalue weighted by Crippen LogP contribution is 2.21. The van der Waals surface area contributed by atoms with Gasteiger partial charge in [0, 0.05) is 10.7 Å². The Bertz CT molecular complexity index is 470. The minimum Gasteiger partial charge on any atom is -0.236 e. The van der Waals surface area contributed by atoms with Crippen LogP contribution in [0.5, 0.6) is 0 Å². The largest absolute Gasteiger partial charge is 0.236 e. The summed E-state index contributed by atoms with van der Waals surface area (Å²) < 4.78 is 0. The number of hydrogen-bond donors (Lipinski definition) is 0. The van der Waals surface area contributed by atoms with Crippen LogP contribution in [0.25, 0.3) is 10.9 Å². The third kappa shape index (κ3) is 2.50. The lowest BCUT2D eigenvalue weighted by Crippen LogP contribution is -1.91. The molecule has 0 amide bonds. The Labute approximate surface area is 103 Å². The standard InChI is InChI=1S/C12H11BrClN/c13-7-3-5-10-8-9-4-1-2-6-11(9)15-12(10)14/h1-2,4,6,8H,3,5,7H2. The number of hydrogen-bond acceptors (Lipinski definition) is 1. The van der Waals surface area contributed by atoms with E-state index in [0.29, 0.717) is 5.15 Å². The zero-order chi connectivity index (χ0) is 10.7. The van der Waals surface area contributed by atoms with Crippen molar-refractivity contribution in [1.82, 2.24) is 4.98 Å². The van der Waals surface area contributed by atoms with Crippen molar-refractivity contribution < 1.29 is 0 Å². The van der Waals surface area contributed by atoms with Crippen LogP contribution in [0.1, 0.15) is 12.0 Å². The van der Waals surface area contributed by atoms with Crippen molar-refractivity contribution in [3.8, 4) is 0 Å². The average Bonchev–Trinajstić information content (AvgIpc) is 2.26. The van der Waals surface area contributed by atoms with E-state index in [2.05, 4.69) is 33.0 Å². The number of halogens is 2. The van der Waals surface area contributed by atoms with E-state index < -0.39 is 0 Å². The number of rotatable bonds is 3. The maximum absolute atomic E-state index is 6.11. The van der Waals surface area contributed by atoms with Gasteiger partial charge in [0.1, 0.15) is 5.15 Å². The van der Waals surface area contributed by atoms with Crippen LogP contribution < -0.4 is 0 Å². The SMILES string of the molecule is Clc1nc2ccccc2cc1CCCBr. The van der Waals surface area contributed by atoms with Crippen LogP contribution in [0.15, 0.2) is 30.3 Å². The summed E-state index contributed by atoms with van der Waals surface area (Å²) in [5.41, 5.74) is 2.10. The number of benzene rings is 1. The lowest BCUT2D eigenvalue weighted by molar-refractivity contribution is 0.935. The molecule has 1 aromatic heterocycles. The van der Waals surface area contributed by atoms with Crippen LogP contribution in [0.4, 0.5) is 0 Å². The van der Waals surface area contributed by atoms with E-state index >= 15 is 0 Å². The van der Waals surface area contributed by atoms with Crippen LogP contribution in [0, 0.1) is 0 Å². The minimum atomic E-state index is 0.634. The topological polar surface area (TPSA) is 12.9 Å². The maximum atomic E-state index is 6.11. The molecule has 1 nitrogen and oxygen atoms in total. The normalized spacial score (nSPS) is 10.8. The Morgan fingerprint density at radius 2 is 2.07 bits per heavy atom. The van der Waals surface area contributed by atoms with Gasteiger partial charge >= 0.3 is 0 Å². The summed E-state index contributed by atoms with van der Waals surface area (Å²) in [5.74, 6) is 0. The second kappa shape index (κ2) is 4.95. The molecule has 0 atom stereocenters. The molecule has 0 aliphatic rings. The molecule has 0 aliphatic heterocycles. The third-order valence-corrected chi connectivity index (χ3v) is 3.22. The van der Waals surface area contributed by atoms with Crippen molar-refractivity contribution in [1.29, 1.82) is 0 Å². The first-order valence-corrected chi connectivity index (χ1v) is 6.41. The van der Waals surface area contributed by atoms with Gasteiger partial charge in [-0.25, -0.2) is 4.98 Å². The van der Waals surface area contributed by atoms with Crippen molar-refractivity contribution in [3.05, 3.63) is 41.0 Å². The van der Waals surface area contributed by atoms with E-state index in [1.165, 1.54) is 0 Å². The van der Waals surface area contributed by atoms with Gasteiger partial charge in [-0.05, 0) is 30.5 Å². The van der Waals surface area contributed by atoms with Crippen molar-refractivity contribution in [2.24, 2.45) is 0 Å². The molecule has 0 N–H and O–H groups in total. The summed E-state index contributed by atoms with van der Waals surface area (Å²) >= 11 is 9.53. The van der Waals surface area contributed by atoms with E-state index in [-0.39, 0.29) is 0 Å². The van der Waals surface area contributed by atoms with Crippen LogP contribution >= 0.6 is 27.5 Å². The molecule has 0 radical (unpaired) electrons. The molecule has 1 aromatic carbocycles. The fraction of sp³-hybridized carbons (Fsp3) is 0.250. The molecule has 2 rings (SSSR count). The number of fused-ring (bicyclic) bond motifs is 1. The highest BCUT2D eigenvalue weighted by molar-refractivity contribution is 9.09. The molecular formula is C12H11BrClN. The molecule has 0 fully saturated rings. The van der Waals surface area contributed by atoms with Crippen molar-refractivity contribution in [3.63, 3.8) is 0 Å². The summed E-state index contributed by atoms with van der Waals surface area (Å²) in [6, 6.07) is 10.2. The van der Waals surface area contributed by atoms with Crippen LogP contribution in [-0.4, -0.2) is 10.3 Å². The van der Waals surface area contributed by atoms with E-state index in [9.17, 15) is 0 Å². The van der Waals surface area contributed by atoms with Gasteiger partial charge in [0.05, 0.1) is 5.52 Å². The molecule has 78 valence electrons. The number of para-hydroxylation sites is 1. The van der Waals surface area contributed by atoms with Crippen LogP contribution in [0.3, 0.4) is 0 Å². The molecule has 0 saturated heterocycles. The minimum absolute atomic E-state index is 0.634. The van der Waals surface area contributed by atoms with Crippen LogP contribution in [0.2, 0.25) is 5.15 Å².